The highest BCUT2D eigenvalue weighted by Crippen LogP contribution is 2.06. The van der Waals surface area contributed by atoms with E-state index >= 15 is 0 Å². The summed E-state index contributed by atoms with van der Waals surface area (Å²) in [4.78, 5) is 0. The van der Waals surface area contributed by atoms with Crippen LogP contribution in [-0.4, -0.2) is 25.1 Å². The molecule has 2 heteroatoms. The van der Waals surface area contributed by atoms with Crippen LogP contribution < -0.4 is 5.32 Å². The minimum absolute atomic E-state index is 0.810. The van der Waals surface area contributed by atoms with Gasteiger partial charge >= 0.3 is 0 Å². The second-order valence-electron chi connectivity index (χ2n) is 3.90. The Morgan fingerprint density at radius 1 is 1.15 bits per heavy atom. The number of nitrogens with one attached hydrogen (secondary N) is 1. The summed E-state index contributed by atoms with van der Waals surface area (Å²) in [6.45, 7) is 9.25. The van der Waals surface area contributed by atoms with Crippen LogP contribution in [-0.2, 0) is 0 Å². The first-order valence-corrected chi connectivity index (χ1v) is 6.83. The lowest BCUT2D eigenvalue weighted by atomic mass is 10.0. The van der Waals surface area contributed by atoms with Crippen molar-refractivity contribution in [3.05, 3.63) is 0 Å². The van der Waals surface area contributed by atoms with Crippen LogP contribution in [0.3, 0.4) is 0 Å². The first-order chi connectivity index (χ1) is 6.24. The largest absolute Gasteiger partial charge is 0.316 e. The Morgan fingerprint density at radius 2 is 1.77 bits per heavy atom. The molecule has 0 aliphatic heterocycles. The fourth-order valence-corrected chi connectivity index (χ4v) is 2.14. The lowest BCUT2D eigenvalue weighted by Crippen LogP contribution is -2.27. The summed E-state index contributed by atoms with van der Waals surface area (Å²) < 4.78 is 0. The molecule has 0 aliphatic carbocycles. The molecule has 0 aromatic carbocycles. The fourth-order valence-electron chi connectivity index (χ4n) is 1.45. The van der Waals surface area contributed by atoms with Crippen LogP contribution in [0.1, 0.15) is 33.6 Å². The van der Waals surface area contributed by atoms with Crippen LogP contribution in [0.4, 0.5) is 0 Å². The number of hydrogen-bond donors (Lipinski definition) is 1. The van der Waals surface area contributed by atoms with E-state index in [0.29, 0.717) is 0 Å². The highest BCUT2D eigenvalue weighted by Gasteiger charge is 2.04. The van der Waals surface area contributed by atoms with Crippen molar-refractivity contribution < 1.29 is 0 Å². The predicted molar refractivity (Wildman–Crippen MR) is 64.5 cm³/mol. The van der Waals surface area contributed by atoms with Gasteiger partial charge in [-0.05, 0) is 36.9 Å². The highest BCUT2D eigenvalue weighted by molar-refractivity contribution is 7.98. The number of hydrogen-bond acceptors (Lipinski definition) is 2. The molecule has 1 atom stereocenters. The number of rotatable bonds is 8. The maximum absolute atomic E-state index is 3.56. The van der Waals surface area contributed by atoms with Crippen LogP contribution in [0.5, 0.6) is 0 Å². The quantitative estimate of drug-likeness (QED) is 0.651. The van der Waals surface area contributed by atoms with Crippen molar-refractivity contribution in [2.45, 2.75) is 33.6 Å². The van der Waals surface area contributed by atoms with E-state index in [-0.39, 0.29) is 0 Å². The fraction of sp³-hybridized carbons (Fsp3) is 1.00. The molecule has 0 radical (unpaired) electrons. The molecule has 1 nitrogen and oxygen atoms in total. The molecule has 0 spiro atoms. The maximum atomic E-state index is 3.56. The van der Waals surface area contributed by atoms with Crippen molar-refractivity contribution in [2.24, 2.45) is 11.8 Å². The van der Waals surface area contributed by atoms with Gasteiger partial charge in [0.15, 0.2) is 0 Å². The zero-order chi connectivity index (χ0) is 10.1. The zero-order valence-corrected chi connectivity index (χ0v) is 10.4. The average Bonchev–Trinajstić information content (AvgIpc) is 2.13. The van der Waals surface area contributed by atoms with Gasteiger partial charge < -0.3 is 5.32 Å². The van der Waals surface area contributed by atoms with E-state index < -0.39 is 0 Å². The Bertz CT molecular complexity index is 102. The van der Waals surface area contributed by atoms with Gasteiger partial charge in [-0.2, -0.15) is 11.8 Å². The molecule has 0 aromatic rings. The van der Waals surface area contributed by atoms with E-state index in [1.54, 1.807) is 0 Å². The third-order valence-corrected chi connectivity index (χ3v) is 3.43. The summed E-state index contributed by atoms with van der Waals surface area (Å²) >= 11 is 1.94. The van der Waals surface area contributed by atoms with Crippen LogP contribution >= 0.6 is 11.8 Å². The van der Waals surface area contributed by atoms with Crippen molar-refractivity contribution in [3.8, 4) is 0 Å². The summed E-state index contributed by atoms with van der Waals surface area (Å²) in [7, 11) is 0. The van der Waals surface area contributed by atoms with Gasteiger partial charge in [-0.3, -0.25) is 0 Å². The van der Waals surface area contributed by atoms with Crippen LogP contribution in [0.25, 0.3) is 0 Å². The molecule has 0 bridgehead atoms. The normalized spacial score (nSPS) is 13.6. The van der Waals surface area contributed by atoms with E-state index in [2.05, 4.69) is 32.3 Å². The third-order valence-electron chi connectivity index (χ3n) is 2.53. The molecule has 0 aliphatic rings. The van der Waals surface area contributed by atoms with Crippen molar-refractivity contribution in [1.29, 1.82) is 0 Å². The highest BCUT2D eigenvalue weighted by atomic mass is 32.2. The van der Waals surface area contributed by atoms with Gasteiger partial charge in [0.2, 0.25) is 0 Å². The molecule has 0 amide bonds. The van der Waals surface area contributed by atoms with E-state index in [9.17, 15) is 0 Å². The summed E-state index contributed by atoms with van der Waals surface area (Å²) in [5, 5.41) is 3.56. The summed E-state index contributed by atoms with van der Waals surface area (Å²) in [5.74, 6) is 2.96. The van der Waals surface area contributed by atoms with E-state index in [0.717, 1.165) is 11.8 Å². The molecule has 0 saturated carbocycles. The van der Waals surface area contributed by atoms with Gasteiger partial charge in [-0.1, -0.05) is 33.6 Å². The molecule has 1 N–H and O–H groups in total. The average molecular weight is 203 g/mol. The number of thioether (sulfide) groups is 1. The van der Waals surface area contributed by atoms with Crippen molar-refractivity contribution >= 4 is 11.8 Å². The molecule has 80 valence electrons. The Kier molecular flexibility index (Phi) is 9.10. The first kappa shape index (κ1) is 13.3. The molecule has 0 fully saturated rings. The third kappa shape index (κ3) is 7.39. The van der Waals surface area contributed by atoms with Gasteiger partial charge in [0.05, 0.1) is 0 Å². The Morgan fingerprint density at radius 3 is 2.23 bits per heavy atom. The molecule has 13 heavy (non-hydrogen) atoms. The van der Waals surface area contributed by atoms with Gasteiger partial charge in [0.25, 0.3) is 0 Å². The van der Waals surface area contributed by atoms with Crippen LogP contribution in [0, 0.1) is 11.8 Å². The minimum Gasteiger partial charge on any atom is -0.316 e. The summed E-state index contributed by atoms with van der Waals surface area (Å²) in [6.07, 6.45) is 4.79. The SMILES string of the molecule is CCC(CC)CNCC(C)CSC. The maximum Gasteiger partial charge on any atom is -0.00152 e. The van der Waals surface area contributed by atoms with E-state index in [1.807, 2.05) is 11.8 Å². The van der Waals surface area contributed by atoms with E-state index in [4.69, 9.17) is 0 Å². The second-order valence-corrected chi connectivity index (χ2v) is 4.81. The van der Waals surface area contributed by atoms with Crippen LogP contribution in [0.2, 0.25) is 0 Å². The summed E-state index contributed by atoms with van der Waals surface area (Å²) in [6, 6.07) is 0. The second kappa shape index (κ2) is 8.89. The van der Waals surface area contributed by atoms with Crippen LogP contribution in [0.15, 0.2) is 0 Å². The monoisotopic (exact) mass is 203 g/mol. The van der Waals surface area contributed by atoms with Gasteiger partial charge in [0.1, 0.15) is 0 Å². The van der Waals surface area contributed by atoms with Gasteiger partial charge in [0, 0.05) is 0 Å². The first-order valence-electron chi connectivity index (χ1n) is 5.44. The molecule has 0 aromatic heterocycles. The lowest BCUT2D eigenvalue weighted by molar-refractivity contribution is 0.431. The van der Waals surface area contributed by atoms with Gasteiger partial charge in [-0.25, -0.2) is 0 Å². The molecule has 0 heterocycles. The smallest absolute Gasteiger partial charge is 0.00152 e. The molecular formula is C11H25NS. The Balaban J connectivity index is 3.32. The van der Waals surface area contributed by atoms with Crippen molar-refractivity contribution in [3.63, 3.8) is 0 Å². The predicted octanol–water partition coefficient (Wildman–Crippen LogP) is 3.01. The lowest BCUT2D eigenvalue weighted by Gasteiger charge is -2.15. The molecule has 0 rings (SSSR count). The minimum atomic E-state index is 0.810. The topological polar surface area (TPSA) is 12.0 Å². The standard InChI is InChI=1S/C11H25NS/c1-5-11(6-2)8-12-7-10(3)9-13-4/h10-12H,5-9H2,1-4H3. The van der Waals surface area contributed by atoms with Gasteiger partial charge in [-0.15, -0.1) is 0 Å². The Labute approximate surface area is 88.1 Å². The molecule has 0 saturated heterocycles. The van der Waals surface area contributed by atoms with E-state index in [1.165, 1.54) is 31.7 Å². The van der Waals surface area contributed by atoms with Crippen molar-refractivity contribution in [1.82, 2.24) is 5.32 Å². The van der Waals surface area contributed by atoms with Crippen molar-refractivity contribution in [2.75, 3.05) is 25.1 Å². The molecule has 1 unspecified atom stereocenters. The zero-order valence-electron chi connectivity index (χ0n) is 9.60. The molecular weight excluding hydrogens is 178 g/mol. The Hall–Kier alpha value is 0.310. The summed E-state index contributed by atoms with van der Waals surface area (Å²) in [5.41, 5.74) is 0.